The molecule has 0 unspecified atom stereocenters. The third-order valence-corrected chi connectivity index (χ3v) is 5.51. The molecule has 0 atom stereocenters. The van der Waals surface area contributed by atoms with E-state index in [1.54, 1.807) is 11.3 Å². The van der Waals surface area contributed by atoms with Gasteiger partial charge in [-0.25, -0.2) is 4.98 Å². The average molecular weight is 285 g/mol. The Bertz CT molecular complexity index is 376. The monoisotopic (exact) mass is 285 g/mol. The van der Waals surface area contributed by atoms with Crippen molar-refractivity contribution in [1.29, 1.82) is 0 Å². The van der Waals surface area contributed by atoms with E-state index in [0.29, 0.717) is 4.75 Å². The van der Waals surface area contributed by atoms with Crippen molar-refractivity contribution in [2.75, 3.05) is 25.9 Å². The number of thiazole rings is 1. The third-order valence-electron chi connectivity index (χ3n) is 3.24. The van der Waals surface area contributed by atoms with Crippen LogP contribution in [0.25, 0.3) is 0 Å². The minimum atomic E-state index is 0.439. The Kier molecular flexibility index (Phi) is 5.06. The van der Waals surface area contributed by atoms with E-state index < -0.39 is 0 Å². The normalized spacial score (nSPS) is 20.8. The Labute approximate surface area is 118 Å². The molecule has 0 aromatic carbocycles. The molecule has 1 aliphatic heterocycles. The first-order valence-electron chi connectivity index (χ1n) is 6.53. The Morgan fingerprint density at radius 1 is 1.44 bits per heavy atom. The lowest BCUT2D eigenvalue weighted by molar-refractivity contribution is 0.273. The SMILES string of the molecule is CNCc1nc(CN2CCSC(C)(C)CC2)cs1. The molecular weight excluding hydrogens is 262 g/mol. The van der Waals surface area contributed by atoms with Crippen LogP contribution in [0.2, 0.25) is 0 Å². The molecule has 0 radical (unpaired) electrons. The predicted octanol–water partition coefficient (Wildman–Crippen LogP) is 2.58. The first kappa shape index (κ1) is 14.3. The van der Waals surface area contributed by atoms with Crippen LogP contribution in [-0.2, 0) is 13.1 Å². The van der Waals surface area contributed by atoms with Crippen LogP contribution in [0.3, 0.4) is 0 Å². The topological polar surface area (TPSA) is 28.2 Å². The molecule has 1 fully saturated rings. The molecule has 1 aromatic heterocycles. The molecule has 3 nitrogen and oxygen atoms in total. The van der Waals surface area contributed by atoms with E-state index in [2.05, 4.69) is 46.2 Å². The molecule has 2 rings (SSSR count). The molecule has 0 amide bonds. The lowest BCUT2D eigenvalue weighted by Gasteiger charge is -2.22. The van der Waals surface area contributed by atoms with Crippen LogP contribution in [0.15, 0.2) is 5.38 Å². The average Bonchev–Trinajstić information content (AvgIpc) is 2.66. The Balaban J connectivity index is 1.88. The molecule has 18 heavy (non-hydrogen) atoms. The lowest BCUT2D eigenvalue weighted by Crippen LogP contribution is -2.27. The third kappa shape index (κ3) is 4.23. The first-order valence-corrected chi connectivity index (χ1v) is 8.40. The van der Waals surface area contributed by atoms with E-state index in [1.165, 1.54) is 36.0 Å². The minimum Gasteiger partial charge on any atom is -0.314 e. The van der Waals surface area contributed by atoms with E-state index in [4.69, 9.17) is 0 Å². The van der Waals surface area contributed by atoms with Crippen LogP contribution in [0, 0.1) is 0 Å². The second-order valence-electron chi connectivity index (χ2n) is 5.40. The van der Waals surface area contributed by atoms with Gasteiger partial charge in [0.15, 0.2) is 0 Å². The minimum absolute atomic E-state index is 0.439. The van der Waals surface area contributed by atoms with Crippen LogP contribution < -0.4 is 5.32 Å². The summed E-state index contributed by atoms with van der Waals surface area (Å²) in [4.78, 5) is 7.21. The van der Waals surface area contributed by atoms with Gasteiger partial charge in [-0.05, 0) is 20.0 Å². The standard InChI is InChI=1S/C13H23N3S2/c1-13(2)4-5-16(6-7-18-13)9-11-10-17-12(15-11)8-14-3/h10,14H,4-9H2,1-3H3. The molecular formula is C13H23N3S2. The van der Waals surface area contributed by atoms with Crippen molar-refractivity contribution >= 4 is 23.1 Å². The maximum Gasteiger partial charge on any atom is 0.107 e. The number of nitrogens with one attached hydrogen (secondary N) is 1. The summed E-state index contributed by atoms with van der Waals surface area (Å²) in [5.74, 6) is 1.24. The second kappa shape index (κ2) is 6.37. The zero-order valence-electron chi connectivity index (χ0n) is 11.5. The fraction of sp³-hybridized carbons (Fsp3) is 0.769. The summed E-state index contributed by atoms with van der Waals surface area (Å²) in [5.41, 5.74) is 1.23. The number of nitrogens with zero attached hydrogens (tertiary/aromatic N) is 2. The van der Waals surface area contributed by atoms with Crippen LogP contribution in [-0.4, -0.2) is 40.5 Å². The molecule has 2 heterocycles. The molecule has 0 spiro atoms. The summed E-state index contributed by atoms with van der Waals surface area (Å²) < 4.78 is 0.439. The molecule has 0 aliphatic carbocycles. The summed E-state index contributed by atoms with van der Waals surface area (Å²) >= 11 is 3.86. The van der Waals surface area contributed by atoms with E-state index in [1.807, 2.05) is 7.05 Å². The Hall–Kier alpha value is -0.100. The zero-order valence-corrected chi connectivity index (χ0v) is 13.2. The maximum atomic E-state index is 4.67. The van der Waals surface area contributed by atoms with Crippen molar-refractivity contribution in [3.63, 3.8) is 0 Å². The van der Waals surface area contributed by atoms with Gasteiger partial charge in [0, 0.05) is 35.5 Å². The zero-order chi connectivity index (χ0) is 13.0. The van der Waals surface area contributed by atoms with Gasteiger partial charge >= 0.3 is 0 Å². The molecule has 1 aromatic rings. The summed E-state index contributed by atoms with van der Waals surface area (Å²) in [6.07, 6.45) is 1.27. The van der Waals surface area contributed by atoms with E-state index in [0.717, 1.165) is 13.1 Å². The van der Waals surface area contributed by atoms with Crippen molar-refractivity contribution in [3.8, 4) is 0 Å². The fourth-order valence-corrected chi connectivity index (χ4v) is 4.04. The summed E-state index contributed by atoms with van der Waals surface area (Å²) in [6.45, 7) is 8.99. The van der Waals surface area contributed by atoms with Crippen LogP contribution >= 0.6 is 23.1 Å². The summed E-state index contributed by atoms with van der Waals surface area (Å²) in [7, 11) is 1.97. The van der Waals surface area contributed by atoms with Crippen LogP contribution in [0.4, 0.5) is 0 Å². The van der Waals surface area contributed by atoms with Gasteiger partial charge < -0.3 is 5.32 Å². The summed E-state index contributed by atoms with van der Waals surface area (Å²) in [5, 5.41) is 6.55. The molecule has 1 N–H and O–H groups in total. The highest BCUT2D eigenvalue weighted by atomic mass is 32.2. The Morgan fingerprint density at radius 3 is 3.06 bits per heavy atom. The van der Waals surface area contributed by atoms with Gasteiger partial charge in [0.1, 0.15) is 5.01 Å². The fourth-order valence-electron chi connectivity index (χ4n) is 2.10. The van der Waals surface area contributed by atoms with Gasteiger partial charge in [-0.15, -0.1) is 11.3 Å². The van der Waals surface area contributed by atoms with E-state index in [9.17, 15) is 0 Å². The van der Waals surface area contributed by atoms with Crippen LogP contribution in [0.1, 0.15) is 31.0 Å². The van der Waals surface area contributed by atoms with Crippen molar-refractivity contribution in [2.24, 2.45) is 0 Å². The molecule has 5 heteroatoms. The van der Waals surface area contributed by atoms with Crippen molar-refractivity contribution < 1.29 is 0 Å². The molecule has 1 aliphatic rings. The van der Waals surface area contributed by atoms with Crippen LogP contribution in [0.5, 0.6) is 0 Å². The highest BCUT2D eigenvalue weighted by Crippen LogP contribution is 2.31. The lowest BCUT2D eigenvalue weighted by atomic mass is 10.1. The van der Waals surface area contributed by atoms with Gasteiger partial charge in [0.05, 0.1) is 5.69 Å². The molecule has 0 saturated carbocycles. The van der Waals surface area contributed by atoms with Gasteiger partial charge in [0.25, 0.3) is 0 Å². The quantitative estimate of drug-likeness (QED) is 0.920. The van der Waals surface area contributed by atoms with Gasteiger partial charge in [-0.2, -0.15) is 11.8 Å². The van der Waals surface area contributed by atoms with E-state index in [-0.39, 0.29) is 0 Å². The van der Waals surface area contributed by atoms with Gasteiger partial charge in [-0.3, -0.25) is 4.90 Å². The summed E-state index contributed by atoms with van der Waals surface area (Å²) in [6, 6.07) is 0. The molecule has 0 bridgehead atoms. The van der Waals surface area contributed by atoms with Crippen molar-refractivity contribution in [3.05, 3.63) is 16.1 Å². The second-order valence-corrected chi connectivity index (χ2v) is 8.14. The predicted molar refractivity (Wildman–Crippen MR) is 81.3 cm³/mol. The number of hydrogen-bond acceptors (Lipinski definition) is 5. The Morgan fingerprint density at radius 2 is 2.28 bits per heavy atom. The molecule has 102 valence electrons. The maximum absolute atomic E-state index is 4.67. The highest BCUT2D eigenvalue weighted by molar-refractivity contribution is 8.00. The highest BCUT2D eigenvalue weighted by Gasteiger charge is 2.23. The number of thioether (sulfide) groups is 1. The van der Waals surface area contributed by atoms with Crippen molar-refractivity contribution in [2.45, 2.75) is 38.1 Å². The largest absolute Gasteiger partial charge is 0.314 e. The van der Waals surface area contributed by atoms with E-state index >= 15 is 0 Å². The van der Waals surface area contributed by atoms with Gasteiger partial charge in [-0.1, -0.05) is 13.8 Å². The molecule has 1 saturated heterocycles. The smallest absolute Gasteiger partial charge is 0.107 e. The first-order chi connectivity index (χ1) is 8.59. The number of aromatic nitrogens is 1. The van der Waals surface area contributed by atoms with Crippen molar-refractivity contribution in [1.82, 2.24) is 15.2 Å². The number of rotatable bonds is 4. The number of hydrogen-bond donors (Lipinski definition) is 1. The van der Waals surface area contributed by atoms with Gasteiger partial charge in [0.2, 0.25) is 0 Å².